The van der Waals surface area contributed by atoms with Gasteiger partial charge in [0.25, 0.3) is 6.08 Å². The lowest BCUT2D eigenvalue weighted by atomic mass is 9.88. The third-order valence-corrected chi connectivity index (χ3v) is 13.3. The van der Waals surface area contributed by atoms with Crippen LogP contribution in [-0.4, -0.2) is 71.5 Å². The van der Waals surface area contributed by atoms with Crippen LogP contribution in [0.5, 0.6) is 11.8 Å². The summed E-state index contributed by atoms with van der Waals surface area (Å²) in [6.07, 6.45) is -3.58. The quantitative estimate of drug-likeness (QED) is 0.144. The molecule has 3 saturated heterocycles. The van der Waals surface area contributed by atoms with Gasteiger partial charge in [0.1, 0.15) is 64.4 Å². The second kappa shape index (κ2) is 15.4. The van der Waals surface area contributed by atoms with E-state index in [9.17, 15) is 14.0 Å². The first kappa shape index (κ1) is 40.9. The molecular formula is C41H36F8N8O3S. The van der Waals surface area contributed by atoms with E-state index in [0.29, 0.717) is 56.8 Å². The van der Waals surface area contributed by atoms with Gasteiger partial charge >= 0.3 is 12.2 Å². The molecule has 0 aliphatic carbocycles. The van der Waals surface area contributed by atoms with Crippen molar-refractivity contribution in [2.45, 2.75) is 56.3 Å². The van der Waals surface area contributed by atoms with Gasteiger partial charge in [-0.15, -0.1) is 11.3 Å². The molecule has 0 amide bonds. The Hall–Kier alpha value is -5.52. The number of hydrogen-bond donors (Lipinski definition) is 2. The Kier molecular flexibility index (Phi) is 10.3. The Bertz CT molecular complexity index is 2660. The Morgan fingerprint density at radius 3 is 2.61 bits per heavy atom. The van der Waals surface area contributed by atoms with Crippen LogP contribution in [-0.2, 0) is 10.9 Å². The van der Waals surface area contributed by atoms with Gasteiger partial charge in [-0.1, -0.05) is 6.07 Å². The highest BCUT2D eigenvalue weighted by Gasteiger charge is 2.49. The summed E-state index contributed by atoms with van der Waals surface area (Å²) in [5, 5.41) is 9.01. The molecule has 3 fully saturated rings. The molecule has 4 aliphatic rings. The standard InChI is InChI=1S/C41H36F8N8O3S/c42-21-13-23(36(51)53-16-21)26(12-19-4-9-58-10-5-19)57-8-11-59-33-29-32(54-39(55-38(29)57)60-18-40-6-1-7-56(40)17-20(14-40)35(45)46)31(44)28(30(33)41(47,48)49)22-2-3-25(43)34-27(22)24(15-50)37(52)61-34/h2-3,13,16,19,26H,1,4-12,14,17-18,52H2,(H2,51,53)/t26-,40+/m1/s1. The summed E-state index contributed by atoms with van der Waals surface area (Å²) in [6, 6.07) is 3.39. The molecule has 2 aromatic carbocycles. The number of ether oxygens (including phenoxy) is 3. The van der Waals surface area contributed by atoms with Gasteiger partial charge in [0.05, 0.1) is 40.0 Å². The minimum atomic E-state index is -5.33. The van der Waals surface area contributed by atoms with E-state index in [2.05, 4.69) is 15.0 Å². The molecular weight excluding hydrogens is 837 g/mol. The SMILES string of the molecule is N#Cc1c(N)sc2c(F)ccc(-c3c(C(F)(F)F)c4c5c(nc(OC[C@@]67CCCN6CC(=C(F)F)C7)nc5c3F)N([C@H](CC3CCOCC3)c3cc(F)cnc3N)CCO4)c12. The van der Waals surface area contributed by atoms with E-state index in [1.54, 1.807) is 4.90 Å². The molecule has 4 N–H and O–H groups in total. The summed E-state index contributed by atoms with van der Waals surface area (Å²) in [6.45, 7) is 0.554. The van der Waals surface area contributed by atoms with Gasteiger partial charge in [0.2, 0.25) is 0 Å². The molecule has 11 nitrogen and oxygen atoms in total. The van der Waals surface area contributed by atoms with Gasteiger partial charge in [-0.05, 0) is 68.7 Å². The van der Waals surface area contributed by atoms with Gasteiger partial charge in [-0.3, -0.25) is 4.90 Å². The number of fused-ring (bicyclic) bond motifs is 2. The largest absolute Gasteiger partial charge is 0.490 e. The van der Waals surface area contributed by atoms with Crippen LogP contribution in [0.15, 0.2) is 36.0 Å². The normalized spacial score (nSPS) is 20.2. The Morgan fingerprint density at radius 1 is 1.08 bits per heavy atom. The average Bonchev–Trinajstić information content (AvgIpc) is 3.86. The van der Waals surface area contributed by atoms with E-state index >= 15 is 26.3 Å². The highest BCUT2D eigenvalue weighted by Crippen LogP contribution is 2.54. The molecule has 7 heterocycles. The predicted molar refractivity (Wildman–Crippen MR) is 210 cm³/mol. The zero-order chi connectivity index (χ0) is 43.0. The molecule has 4 aliphatic heterocycles. The fourth-order valence-electron chi connectivity index (χ4n) is 9.48. The van der Waals surface area contributed by atoms with E-state index in [1.165, 1.54) is 6.07 Å². The first-order chi connectivity index (χ1) is 29.2. The number of alkyl halides is 3. The van der Waals surface area contributed by atoms with Crippen LogP contribution in [0.3, 0.4) is 0 Å². The number of thiophene rings is 1. The van der Waals surface area contributed by atoms with Crippen LogP contribution in [0.1, 0.15) is 61.3 Å². The Morgan fingerprint density at radius 2 is 1.87 bits per heavy atom. The average molecular weight is 873 g/mol. The lowest BCUT2D eigenvalue weighted by Gasteiger charge is -2.36. The number of hydrogen-bond acceptors (Lipinski definition) is 12. The maximum Gasteiger partial charge on any atom is 0.420 e. The van der Waals surface area contributed by atoms with Crippen LogP contribution < -0.4 is 25.8 Å². The van der Waals surface area contributed by atoms with E-state index in [0.717, 1.165) is 18.3 Å². The first-order valence-electron chi connectivity index (χ1n) is 19.5. The second-order valence-electron chi connectivity index (χ2n) is 15.8. The van der Waals surface area contributed by atoms with Gasteiger partial charge < -0.3 is 30.6 Å². The number of rotatable bonds is 8. The fourth-order valence-corrected chi connectivity index (χ4v) is 10.4. The fraction of sp³-hybridized carbons (Fsp3) is 0.415. The topological polar surface area (TPSA) is 149 Å². The van der Waals surface area contributed by atoms with Gasteiger partial charge in [0.15, 0.2) is 5.82 Å². The van der Waals surface area contributed by atoms with Gasteiger partial charge in [-0.25, -0.2) is 18.2 Å². The summed E-state index contributed by atoms with van der Waals surface area (Å²) >= 11 is 0.625. The van der Waals surface area contributed by atoms with E-state index < -0.39 is 87.2 Å². The van der Waals surface area contributed by atoms with Crippen molar-refractivity contribution in [3.8, 4) is 29.0 Å². The van der Waals surface area contributed by atoms with Crippen molar-refractivity contribution >= 4 is 49.0 Å². The predicted octanol–water partition coefficient (Wildman–Crippen LogP) is 8.90. The zero-order valence-electron chi connectivity index (χ0n) is 32.2. The van der Waals surface area contributed by atoms with Crippen LogP contribution in [0.2, 0.25) is 0 Å². The van der Waals surface area contributed by atoms with Crippen molar-refractivity contribution in [1.29, 1.82) is 5.26 Å². The molecule has 0 saturated carbocycles. The monoisotopic (exact) mass is 872 g/mol. The minimum absolute atomic E-state index is 0.0159. The summed E-state index contributed by atoms with van der Waals surface area (Å²) in [7, 11) is 0. The van der Waals surface area contributed by atoms with Crippen molar-refractivity contribution in [1.82, 2.24) is 19.9 Å². The maximum absolute atomic E-state index is 17.8. The number of aromatic nitrogens is 3. The molecule has 0 unspecified atom stereocenters. The second-order valence-corrected chi connectivity index (χ2v) is 16.8. The molecule has 0 spiro atoms. The molecule has 320 valence electrons. The number of nitrogens with two attached hydrogens (primary N) is 2. The van der Waals surface area contributed by atoms with Crippen molar-refractivity contribution in [2.75, 3.05) is 62.4 Å². The smallest absolute Gasteiger partial charge is 0.420 e. The number of nitrogen functional groups attached to an aromatic ring is 2. The van der Waals surface area contributed by atoms with Crippen molar-refractivity contribution in [2.24, 2.45) is 5.92 Å². The third kappa shape index (κ3) is 6.99. The first-order valence-corrected chi connectivity index (χ1v) is 20.3. The molecule has 9 rings (SSSR count). The maximum atomic E-state index is 17.8. The van der Waals surface area contributed by atoms with Crippen molar-refractivity contribution < 1.29 is 49.3 Å². The highest BCUT2D eigenvalue weighted by molar-refractivity contribution is 7.23. The van der Waals surface area contributed by atoms with E-state index in [1.807, 2.05) is 11.0 Å². The number of benzene rings is 2. The van der Waals surface area contributed by atoms with Crippen molar-refractivity contribution in [3.63, 3.8) is 0 Å². The van der Waals surface area contributed by atoms with Crippen LogP contribution in [0, 0.1) is 34.7 Å². The minimum Gasteiger partial charge on any atom is -0.490 e. The third-order valence-electron chi connectivity index (χ3n) is 12.3. The Balaban J connectivity index is 1.31. The molecule has 61 heavy (non-hydrogen) atoms. The molecule has 3 aromatic heterocycles. The lowest BCUT2D eigenvalue weighted by molar-refractivity contribution is -0.138. The molecule has 5 aromatic rings. The number of pyridine rings is 1. The number of nitriles is 1. The zero-order valence-corrected chi connectivity index (χ0v) is 33.0. The molecule has 0 bridgehead atoms. The van der Waals surface area contributed by atoms with E-state index in [-0.39, 0.29) is 81.9 Å². The van der Waals surface area contributed by atoms with Gasteiger partial charge in [0, 0.05) is 41.8 Å². The number of anilines is 3. The van der Waals surface area contributed by atoms with Gasteiger partial charge in [-0.2, -0.15) is 37.2 Å². The number of nitrogens with zero attached hydrogens (tertiary/aromatic N) is 6. The summed E-state index contributed by atoms with van der Waals surface area (Å²) in [5.74, 6) is -4.34. The Labute approximate surface area is 346 Å². The van der Waals surface area contributed by atoms with Crippen LogP contribution >= 0.6 is 11.3 Å². The lowest BCUT2D eigenvalue weighted by Crippen LogP contribution is -2.43. The molecule has 0 radical (unpaired) electrons. The summed E-state index contributed by atoms with van der Waals surface area (Å²) in [4.78, 5) is 16.5. The van der Waals surface area contributed by atoms with Crippen LogP contribution in [0.25, 0.3) is 32.1 Å². The van der Waals surface area contributed by atoms with E-state index in [4.69, 9.17) is 25.7 Å². The molecule has 2 atom stereocenters. The van der Waals surface area contributed by atoms with Crippen LogP contribution in [0.4, 0.5) is 51.8 Å². The molecule has 20 heteroatoms. The summed E-state index contributed by atoms with van der Waals surface area (Å²) < 4.78 is 141. The summed E-state index contributed by atoms with van der Waals surface area (Å²) in [5.41, 5.74) is 7.51. The van der Waals surface area contributed by atoms with Crippen molar-refractivity contribution in [3.05, 3.63) is 70.2 Å². The number of halogens is 8. The highest BCUT2D eigenvalue weighted by atomic mass is 32.1.